The number of ether oxygens (including phenoxy) is 1. The molecule has 0 radical (unpaired) electrons. The van der Waals surface area contributed by atoms with Crippen LogP contribution in [0.4, 0.5) is 4.79 Å². The van der Waals surface area contributed by atoms with Gasteiger partial charge in [0.1, 0.15) is 12.4 Å². The number of phenolic OH excluding ortho intramolecular Hbond substituents is 1. The van der Waals surface area contributed by atoms with Crippen molar-refractivity contribution in [3.8, 4) is 5.75 Å². The van der Waals surface area contributed by atoms with Gasteiger partial charge in [0.2, 0.25) is 0 Å². The molecule has 0 spiro atoms. The van der Waals surface area contributed by atoms with E-state index in [2.05, 4.69) is 0 Å². The number of hydrogen-bond donors (Lipinski definition) is 2. The molecular weight excluding hydrogens is 310 g/mol. The number of carbonyl (C=O) groups is 2. The molecule has 124 valence electrons. The molecule has 1 heterocycles. The molecular formula is C18H17NO5. The topological polar surface area (TPSA) is 87.1 Å². The summed E-state index contributed by atoms with van der Waals surface area (Å²) in [7, 11) is 0. The van der Waals surface area contributed by atoms with E-state index in [1.165, 1.54) is 17.0 Å². The van der Waals surface area contributed by atoms with Crippen LogP contribution in [-0.2, 0) is 22.6 Å². The Kier molecular flexibility index (Phi) is 4.37. The minimum Gasteiger partial charge on any atom is -0.508 e. The molecule has 2 N–H and O–H groups in total. The third-order valence-corrected chi connectivity index (χ3v) is 4.03. The molecule has 2 aromatic carbocycles. The highest BCUT2D eigenvalue weighted by Crippen LogP contribution is 2.32. The Morgan fingerprint density at radius 2 is 1.92 bits per heavy atom. The Hall–Kier alpha value is -3.02. The van der Waals surface area contributed by atoms with Crippen molar-refractivity contribution in [3.63, 3.8) is 0 Å². The molecule has 1 unspecified atom stereocenters. The van der Waals surface area contributed by atoms with Crippen LogP contribution in [0.25, 0.3) is 0 Å². The standard InChI is InChI=1S/C18H17NO5/c20-14-6-7-15-13(10-14)8-9-19(16(15)17(21)22)18(23)24-11-12-4-2-1-3-5-12/h1-7,10,16,20H,8-9,11H2,(H,21,22). The summed E-state index contributed by atoms with van der Waals surface area (Å²) in [5, 5.41) is 19.1. The van der Waals surface area contributed by atoms with Crippen LogP contribution in [0.1, 0.15) is 22.7 Å². The van der Waals surface area contributed by atoms with Crippen LogP contribution in [0, 0.1) is 0 Å². The van der Waals surface area contributed by atoms with Gasteiger partial charge < -0.3 is 14.9 Å². The smallest absolute Gasteiger partial charge is 0.411 e. The van der Waals surface area contributed by atoms with Crippen LogP contribution in [-0.4, -0.2) is 33.7 Å². The van der Waals surface area contributed by atoms with Gasteiger partial charge in [0, 0.05) is 6.54 Å². The number of phenols is 1. The van der Waals surface area contributed by atoms with Gasteiger partial charge in [-0.15, -0.1) is 0 Å². The molecule has 1 aliphatic rings. The van der Waals surface area contributed by atoms with Gasteiger partial charge >= 0.3 is 12.1 Å². The average Bonchev–Trinajstić information content (AvgIpc) is 2.59. The zero-order chi connectivity index (χ0) is 17.1. The van der Waals surface area contributed by atoms with E-state index in [9.17, 15) is 19.8 Å². The SMILES string of the molecule is O=C(O)C1c2ccc(O)cc2CCN1C(=O)OCc1ccccc1. The van der Waals surface area contributed by atoms with Crippen molar-refractivity contribution in [1.29, 1.82) is 0 Å². The summed E-state index contributed by atoms with van der Waals surface area (Å²) in [4.78, 5) is 25.2. The second kappa shape index (κ2) is 6.62. The van der Waals surface area contributed by atoms with Crippen molar-refractivity contribution in [2.75, 3.05) is 6.54 Å². The van der Waals surface area contributed by atoms with Gasteiger partial charge in [0.25, 0.3) is 0 Å². The second-order valence-corrected chi connectivity index (χ2v) is 5.61. The number of carbonyl (C=O) groups excluding carboxylic acids is 1. The van der Waals surface area contributed by atoms with E-state index in [0.717, 1.165) is 11.1 Å². The minimum atomic E-state index is -1.13. The van der Waals surface area contributed by atoms with Crippen molar-refractivity contribution < 1.29 is 24.5 Å². The third-order valence-electron chi connectivity index (χ3n) is 4.03. The molecule has 0 saturated heterocycles. The molecule has 24 heavy (non-hydrogen) atoms. The summed E-state index contributed by atoms with van der Waals surface area (Å²) >= 11 is 0. The highest BCUT2D eigenvalue weighted by molar-refractivity contribution is 5.82. The van der Waals surface area contributed by atoms with Crippen LogP contribution >= 0.6 is 0 Å². The van der Waals surface area contributed by atoms with Gasteiger partial charge in [-0.25, -0.2) is 9.59 Å². The molecule has 6 nitrogen and oxygen atoms in total. The zero-order valence-corrected chi connectivity index (χ0v) is 12.9. The van der Waals surface area contributed by atoms with E-state index >= 15 is 0 Å². The molecule has 1 amide bonds. The number of rotatable bonds is 3. The molecule has 3 rings (SSSR count). The normalized spacial score (nSPS) is 16.3. The number of fused-ring (bicyclic) bond motifs is 1. The number of aliphatic carboxylic acids is 1. The Labute approximate surface area is 138 Å². The lowest BCUT2D eigenvalue weighted by Crippen LogP contribution is -2.43. The first-order valence-corrected chi connectivity index (χ1v) is 7.58. The molecule has 1 atom stereocenters. The van der Waals surface area contributed by atoms with Gasteiger partial charge in [-0.1, -0.05) is 36.4 Å². The summed E-state index contributed by atoms with van der Waals surface area (Å²) in [5.41, 5.74) is 2.07. The van der Waals surface area contributed by atoms with E-state index in [1.54, 1.807) is 6.07 Å². The number of carboxylic acids is 1. The quantitative estimate of drug-likeness (QED) is 0.905. The number of benzene rings is 2. The van der Waals surface area contributed by atoms with Gasteiger partial charge in [-0.2, -0.15) is 0 Å². The first-order valence-electron chi connectivity index (χ1n) is 7.58. The number of amides is 1. The van der Waals surface area contributed by atoms with E-state index in [1.807, 2.05) is 30.3 Å². The maximum atomic E-state index is 12.4. The van der Waals surface area contributed by atoms with Crippen LogP contribution in [0.2, 0.25) is 0 Å². The largest absolute Gasteiger partial charge is 0.508 e. The molecule has 0 bridgehead atoms. The molecule has 1 aliphatic heterocycles. The lowest BCUT2D eigenvalue weighted by Gasteiger charge is -2.34. The predicted octanol–water partition coefficient (Wildman–Crippen LogP) is 2.71. The summed E-state index contributed by atoms with van der Waals surface area (Å²) in [6, 6.07) is 12.6. The van der Waals surface area contributed by atoms with Crippen molar-refractivity contribution in [2.45, 2.75) is 19.1 Å². The molecule has 6 heteroatoms. The zero-order valence-electron chi connectivity index (χ0n) is 12.9. The summed E-state index contributed by atoms with van der Waals surface area (Å²) in [6.45, 7) is 0.311. The molecule has 0 aromatic heterocycles. The summed E-state index contributed by atoms with van der Waals surface area (Å²) in [5.74, 6) is -1.05. The monoisotopic (exact) mass is 327 g/mol. The predicted molar refractivity (Wildman–Crippen MR) is 85.5 cm³/mol. The van der Waals surface area contributed by atoms with Crippen molar-refractivity contribution in [3.05, 3.63) is 65.2 Å². The minimum absolute atomic E-state index is 0.0815. The van der Waals surface area contributed by atoms with Crippen molar-refractivity contribution in [2.24, 2.45) is 0 Å². The van der Waals surface area contributed by atoms with E-state index < -0.39 is 18.1 Å². The number of carboxylic acid groups (broad SMARTS) is 1. The second-order valence-electron chi connectivity index (χ2n) is 5.61. The number of nitrogens with zero attached hydrogens (tertiary/aromatic N) is 1. The van der Waals surface area contributed by atoms with Crippen LogP contribution in [0.5, 0.6) is 5.75 Å². The molecule has 0 aliphatic carbocycles. The maximum absolute atomic E-state index is 12.4. The molecule has 2 aromatic rings. The maximum Gasteiger partial charge on any atom is 0.411 e. The van der Waals surface area contributed by atoms with Gasteiger partial charge in [0.05, 0.1) is 0 Å². The fourth-order valence-corrected chi connectivity index (χ4v) is 2.88. The van der Waals surface area contributed by atoms with Crippen LogP contribution in [0.3, 0.4) is 0 Å². The summed E-state index contributed by atoms with van der Waals surface area (Å²) in [6.07, 6.45) is -0.196. The fraction of sp³-hybridized carbons (Fsp3) is 0.222. The highest BCUT2D eigenvalue weighted by atomic mass is 16.6. The first kappa shape index (κ1) is 15.9. The van der Waals surface area contributed by atoms with Gasteiger partial charge in [-0.3, -0.25) is 4.90 Å². The highest BCUT2D eigenvalue weighted by Gasteiger charge is 2.37. The van der Waals surface area contributed by atoms with Gasteiger partial charge in [-0.05, 0) is 35.2 Å². The van der Waals surface area contributed by atoms with Crippen molar-refractivity contribution >= 4 is 12.1 Å². The Bertz CT molecular complexity index is 759. The first-order chi connectivity index (χ1) is 11.6. The fourth-order valence-electron chi connectivity index (χ4n) is 2.88. The Morgan fingerprint density at radius 1 is 1.17 bits per heavy atom. The Balaban J connectivity index is 1.78. The summed E-state index contributed by atoms with van der Waals surface area (Å²) < 4.78 is 5.26. The van der Waals surface area contributed by atoms with Crippen molar-refractivity contribution in [1.82, 2.24) is 4.90 Å². The van der Waals surface area contributed by atoms with Crippen LogP contribution in [0.15, 0.2) is 48.5 Å². The lowest BCUT2D eigenvalue weighted by molar-refractivity contribution is -0.143. The molecule has 0 fully saturated rings. The number of aromatic hydroxyl groups is 1. The average molecular weight is 327 g/mol. The van der Waals surface area contributed by atoms with E-state index in [4.69, 9.17) is 4.74 Å². The molecule has 0 saturated carbocycles. The van der Waals surface area contributed by atoms with Crippen LogP contribution < -0.4 is 0 Å². The lowest BCUT2D eigenvalue weighted by atomic mass is 9.92. The van der Waals surface area contributed by atoms with E-state index in [-0.39, 0.29) is 18.9 Å². The van der Waals surface area contributed by atoms with E-state index in [0.29, 0.717) is 12.0 Å². The Morgan fingerprint density at radius 3 is 2.62 bits per heavy atom. The third kappa shape index (κ3) is 3.17. The van der Waals surface area contributed by atoms with Gasteiger partial charge in [0.15, 0.2) is 6.04 Å². The number of hydrogen-bond acceptors (Lipinski definition) is 4.